The van der Waals surface area contributed by atoms with E-state index in [-0.39, 0.29) is 24.0 Å². The molecular weight excluding hydrogens is 654 g/mol. The third-order valence-electron chi connectivity index (χ3n) is 8.10. The van der Waals surface area contributed by atoms with Crippen molar-refractivity contribution in [3.8, 4) is 28.7 Å². The van der Waals surface area contributed by atoms with Crippen molar-refractivity contribution in [1.82, 2.24) is 10.0 Å². The zero-order valence-electron chi connectivity index (χ0n) is 28.0. The van der Waals surface area contributed by atoms with E-state index in [9.17, 15) is 24.8 Å². The van der Waals surface area contributed by atoms with Gasteiger partial charge in [-0.3, -0.25) is 9.63 Å². The van der Waals surface area contributed by atoms with Crippen molar-refractivity contribution in [3.63, 3.8) is 0 Å². The van der Waals surface area contributed by atoms with Crippen LogP contribution in [0.2, 0.25) is 0 Å². The predicted molar refractivity (Wildman–Crippen MR) is 188 cm³/mol. The summed E-state index contributed by atoms with van der Waals surface area (Å²) in [5, 5.41) is 23.3. The number of hydrogen-bond acceptors (Lipinski definition) is 10. The van der Waals surface area contributed by atoms with E-state index in [0.29, 0.717) is 33.0 Å². The molecule has 2 amide bonds. The lowest BCUT2D eigenvalue weighted by molar-refractivity contribution is -0.161. The van der Waals surface area contributed by atoms with Crippen LogP contribution in [0.1, 0.15) is 43.4 Å². The maximum absolute atomic E-state index is 13.4. The first kappa shape index (κ1) is 34.3. The van der Waals surface area contributed by atoms with Gasteiger partial charge >= 0.3 is 12.2 Å². The molecule has 1 heterocycles. The lowest BCUT2D eigenvalue weighted by Crippen LogP contribution is -2.51. The Balaban J connectivity index is 1.13. The number of nitrogens with zero attached hydrogens (tertiary/aromatic N) is 2. The quantitative estimate of drug-likeness (QED) is 0.0992. The summed E-state index contributed by atoms with van der Waals surface area (Å²) in [6.07, 6.45) is -2.45. The van der Waals surface area contributed by atoms with Gasteiger partial charge < -0.3 is 35.4 Å². The van der Waals surface area contributed by atoms with E-state index in [1.165, 1.54) is 0 Å². The Morgan fingerprint density at radius 2 is 1.59 bits per heavy atom. The average Bonchev–Trinajstić information content (AvgIpc) is 3.60. The Morgan fingerprint density at radius 3 is 2.20 bits per heavy atom. The van der Waals surface area contributed by atoms with E-state index in [1.807, 2.05) is 48.5 Å². The second-order valence-electron chi connectivity index (χ2n) is 12.7. The lowest BCUT2D eigenvalue weighted by Gasteiger charge is -2.29. The number of hydroxylamine groups is 2. The van der Waals surface area contributed by atoms with Gasteiger partial charge in [0.1, 0.15) is 41.2 Å². The second-order valence-corrected chi connectivity index (χ2v) is 12.7. The van der Waals surface area contributed by atoms with Gasteiger partial charge in [0.2, 0.25) is 0 Å². The number of aliphatic hydroxyl groups is 1. The van der Waals surface area contributed by atoms with Crippen LogP contribution in [0.25, 0.3) is 22.0 Å². The van der Waals surface area contributed by atoms with E-state index >= 15 is 0 Å². The van der Waals surface area contributed by atoms with E-state index < -0.39 is 36.4 Å². The highest BCUT2D eigenvalue weighted by atomic mass is 16.8. The monoisotopic (exact) mass is 689 g/mol. The van der Waals surface area contributed by atoms with Gasteiger partial charge in [-0.25, -0.2) is 9.59 Å². The molecule has 0 spiro atoms. The van der Waals surface area contributed by atoms with Crippen LogP contribution < -0.4 is 15.8 Å². The standard InChI is InChI=1S/C38H35N5O8/c1-38(2,3)50-36(46)43(51-37(47)48-21-31-27-10-6-4-8-25(27)26-9-5-7-11-28(26)31)33(20-44)35(45)41-22-12-14-23(15-13-22)49-24-16-17-32-29(18-24)30(19-39)34(40)42-32/h4-18,31,33,42,44H,20-21,40H2,1-3H3,(H,41,45)/t33-/m0/s1. The molecule has 6 rings (SSSR count). The highest BCUT2D eigenvalue weighted by molar-refractivity contribution is 5.97. The third kappa shape index (κ3) is 7.41. The minimum absolute atomic E-state index is 0.105. The zero-order valence-corrected chi connectivity index (χ0v) is 28.0. The number of carbonyl (C=O) groups excluding carboxylic acids is 3. The number of aromatic nitrogens is 1. The molecular formula is C38H35N5O8. The summed E-state index contributed by atoms with van der Waals surface area (Å²) in [5.74, 6) is -0.0208. The van der Waals surface area contributed by atoms with Gasteiger partial charge in [-0.05, 0) is 85.5 Å². The number of nitrogens with two attached hydrogens (primary N) is 1. The summed E-state index contributed by atoms with van der Waals surface area (Å²) in [4.78, 5) is 47.9. The number of nitrogen functional groups attached to an aromatic ring is 1. The van der Waals surface area contributed by atoms with Crippen LogP contribution in [0, 0.1) is 11.3 Å². The zero-order chi connectivity index (χ0) is 36.3. The molecule has 0 radical (unpaired) electrons. The molecule has 51 heavy (non-hydrogen) atoms. The molecule has 13 heteroatoms. The summed E-state index contributed by atoms with van der Waals surface area (Å²) < 4.78 is 16.8. The lowest BCUT2D eigenvalue weighted by atomic mass is 9.98. The molecule has 0 saturated heterocycles. The molecule has 0 unspecified atom stereocenters. The molecule has 260 valence electrons. The van der Waals surface area contributed by atoms with Crippen LogP contribution >= 0.6 is 0 Å². The fourth-order valence-electron chi connectivity index (χ4n) is 5.84. The molecule has 13 nitrogen and oxygen atoms in total. The van der Waals surface area contributed by atoms with Crippen molar-refractivity contribution in [1.29, 1.82) is 5.26 Å². The highest BCUT2D eigenvalue weighted by Crippen LogP contribution is 2.44. The number of aliphatic hydroxyl groups excluding tert-OH is 1. The fourth-order valence-corrected chi connectivity index (χ4v) is 5.84. The third-order valence-corrected chi connectivity index (χ3v) is 8.10. The van der Waals surface area contributed by atoms with Gasteiger partial charge in [-0.2, -0.15) is 5.26 Å². The van der Waals surface area contributed by atoms with E-state index in [2.05, 4.69) is 16.4 Å². The maximum Gasteiger partial charge on any atom is 0.533 e. The Bertz CT molecular complexity index is 2100. The summed E-state index contributed by atoms with van der Waals surface area (Å²) in [6.45, 7) is 3.78. The number of ether oxygens (including phenoxy) is 3. The van der Waals surface area contributed by atoms with Crippen molar-refractivity contribution >= 4 is 40.6 Å². The predicted octanol–water partition coefficient (Wildman–Crippen LogP) is 6.83. The van der Waals surface area contributed by atoms with Crippen molar-refractivity contribution in [2.75, 3.05) is 24.3 Å². The number of carbonyl (C=O) groups is 3. The summed E-state index contributed by atoms with van der Waals surface area (Å²) in [7, 11) is 0. The van der Waals surface area contributed by atoms with Gasteiger partial charge in [-0.15, -0.1) is 5.06 Å². The van der Waals surface area contributed by atoms with Crippen molar-refractivity contribution < 1.29 is 38.5 Å². The van der Waals surface area contributed by atoms with E-state index in [4.69, 9.17) is 24.8 Å². The Hall–Kier alpha value is -6.52. The molecule has 1 aromatic heterocycles. The van der Waals surface area contributed by atoms with Crippen molar-refractivity contribution in [2.45, 2.75) is 38.3 Å². The van der Waals surface area contributed by atoms with Crippen LogP contribution in [0.4, 0.5) is 21.1 Å². The first-order valence-corrected chi connectivity index (χ1v) is 16.0. The minimum Gasteiger partial charge on any atom is -0.457 e. The summed E-state index contributed by atoms with van der Waals surface area (Å²) >= 11 is 0. The van der Waals surface area contributed by atoms with E-state index in [0.717, 1.165) is 22.3 Å². The molecule has 1 aliphatic carbocycles. The molecule has 0 aliphatic heterocycles. The second kappa shape index (κ2) is 14.1. The number of nitriles is 1. The number of fused-ring (bicyclic) bond motifs is 4. The number of H-pyrrole nitrogens is 1. The first-order chi connectivity index (χ1) is 24.5. The number of rotatable bonds is 8. The molecule has 0 saturated carbocycles. The van der Waals surface area contributed by atoms with Gasteiger partial charge in [0, 0.05) is 22.5 Å². The Morgan fingerprint density at radius 1 is 0.961 bits per heavy atom. The molecule has 0 fully saturated rings. The fraction of sp³-hybridized carbons (Fsp3) is 0.211. The summed E-state index contributed by atoms with van der Waals surface area (Å²) in [6, 6.07) is 27.3. The van der Waals surface area contributed by atoms with Crippen LogP contribution in [-0.4, -0.2) is 58.2 Å². The average molecular weight is 690 g/mol. The number of hydrogen-bond donors (Lipinski definition) is 4. The normalized spacial score (nSPS) is 12.6. The molecule has 1 atom stereocenters. The number of anilines is 2. The van der Waals surface area contributed by atoms with Crippen molar-refractivity contribution in [3.05, 3.63) is 108 Å². The highest BCUT2D eigenvalue weighted by Gasteiger charge is 2.38. The number of amides is 2. The van der Waals surface area contributed by atoms with Gasteiger partial charge in [-0.1, -0.05) is 48.5 Å². The number of aromatic amines is 1. The number of nitrogens with one attached hydrogen (secondary N) is 2. The molecule has 5 aromatic rings. The van der Waals surface area contributed by atoms with Crippen LogP contribution in [0.5, 0.6) is 11.5 Å². The van der Waals surface area contributed by atoms with Gasteiger partial charge in [0.15, 0.2) is 6.04 Å². The smallest absolute Gasteiger partial charge is 0.457 e. The van der Waals surface area contributed by atoms with Crippen LogP contribution in [0.15, 0.2) is 91.0 Å². The maximum atomic E-state index is 13.4. The number of benzene rings is 4. The van der Waals surface area contributed by atoms with Crippen LogP contribution in [0.3, 0.4) is 0 Å². The van der Waals surface area contributed by atoms with Gasteiger partial charge in [0.25, 0.3) is 5.91 Å². The molecule has 1 aliphatic rings. The minimum atomic E-state index is -1.70. The molecule has 4 aromatic carbocycles. The van der Waals surface area contributed by atoms with Gasteiger partial charge in [0.05, 0.1) is 6.61 Å². The first-order valence-electron chi connectivity index (χ1n) is 16.0. The largest absolute Gasteiger partial charge is 0.533 e. The van der Waals surface area contributed by atoms with E-state index in [1.54, 1.807) is 63.2 Å². The van der Waals surface area contributed by atoms with Crippen molar-refractivity contribution in [2.24, 2.45) is 0 Å². The summed E-state index contributed by atoms with van der Waals surface area (Å²) in [5.41, 5.74) is 10.1. The molecule has 0 bridgehead atoms. The Kier molecular flexibility index (Phi) is 9.53. The Labute approximate surface area is 293 Å². The SMILES string of the molecule is CC(C)(C)OC(=O)N(OC(=O)OCC1c2ccccc2-c2ccccc21)[C@@H](CO)C(=O)Nc1ccc(Oc2ccc3[nH]c(N)c(C#N)c3c2)cc1. The molecule has 5 N–H and O–H groups in total. The van der Waals surface area contributed by atoms with Crippen LogP contribution in [-0.2, 0) is 19.1 Å². The topological polar surface area (TPSA) is 189 Å².